The van der Waals surface area contributed by atoms with Crippen molar-refractivity contribution >= 4 is 17.5 Å². The Morgan fingerprint density at radius 1 is 1.13 bits per heavy atom. The molecule has 156 valence electrons. The quantitative estimate of drug-likeness (QED) is 0.615. The highest BCUT2D eigenvalue weighted by Crippen LogP contribution is 2.38. The van der Waals surface area contributed by atoms with Crippen LogP contribution in [0.15, 0.2) is 48.5 Å². The fourth-order valence-corrected chi connectivity index (χ4v) is 4.31. The summed E-state index contributed by atoms with van der Waals surface area (Å²) in [5, 5.41) is 8.58. The van der Waals surface area contributed by atoms with Crippen molar-refractivity contribution in [1.29, 1.82) is 0 Å². The van der Waals surface area contributed by atoms with Crippen molar-refractivity contribution in [2.45, 2.75) is 26.7 Å². The minimum atomic E-state index is -0.106. The molecule has 2 aromatic carbocycles. The SMILES string of the molecule is CCN(CC)CCNC(=O)c1nn(-c2ccccc2)c2c1CCc1cc(Cl)ccc1-2. The van der Waals surface area contributed by atoms with E-state index in [9.17, 15) is 4.79 Å². The van der Waals surface area contributed by atoms with Gasteiger partial charge in [0.2, 0.25) is 0 Å². The molecule has 1 aromatic heterocycles. The average molecular weight is 423 g/mol. The first-order valence-electron chi connectivity index (χ1n) is 10.6. The molecule has 1 heterocycles. The van der Waals surface area contributed by atoms with E-state index in [1.165, 1.54) is 5.56 Å². The summed E-state index contributed by atoms with van der Waals surface area (Å²) in [6.07, 6.45) is 1.62. The van der Waals surface area contributed by atoms with Crippen LogP contribution in [0.25, 0.3) is 16.9 Å². The van der Waals surface area contributed by atoms with E-state index in [0.29, 0.717) is 12.2 Å². The van der Waals surface area contributed by atoms with Crippen molar-refractivity contribution in [2.24, 2.45) is 0 Å². The Labute approximate surface area is 182 Å². The Bertz CT molecular complexity index is 1040. The van der Waals surface area contributed by atoms with Gasteiger partial charge in [-0.05, 0) is 55.8 Å². The zero-order valence-corrected chi connectivity index (χ0v) is 18.2. The molecule has 0 saturated carbocycles. The van der Waals surface area contributed by atoms with Gasteiger partial charge in [0.25, 0.3) is 5.91 Å². The zero-order valence-electron chi connectivity index (χ0n) is 17.5. The lowest BCUT2D eigenvalue weighted by Crippen LogP contribution is -2.35. The van der Waals surface area contributed by atoms with Gasteiger partial charge in [0, 0.05) is 29.2 Å². The van der Waals surface area contributed by atoms with Crippen molar-refractivity contribution in [3.8, 4) is 16.9 Å². The monoisotopic (exact) mass is 422 g/mol. The number of fused-ring (bicyclic) bond motifs is 3. The van der Waals surface area contributed by atoms with Crippen molar-refractivity contribution in [3.05, 3.63) is 70.4 Å². The van der Waals surface area contributed by atoms with E-state index < -0.39 is 0 Å². The number of nitrogens with zero attached hydrogens (tertiary/aromatic N) is 3. The molecule has 3 aromatic rings. The van der Waals surface area contributed by atoms with Gasteiger partial charge in [-0.2, -0.15) is 5.10 Å². The predicted octanol–water partition coefficient (Wildman–Crippen LogP) is 4.36. The molecule has 4 rings (SSSR count). The standard InChI is InChI=1S/C24H27ClN4O/c1-3-28(4-2)15-14-26-24(30)22-21-12-10-17-16-18(25)11-13-20(17)23(21)29(27-22)19-8-6-5-7-9-19/h5-9,11,13,16H,3-4,10,12,14-15H2,1-2H3,(H,26,30). The predicted molar refractivity (Wildman–Crippen MR) is 122 cm³/mol. The minimum absolute atomic E-state index is 0.106. The van der Waals surface area contributed by atoms with Crippen molar-refractivity contribution in [2.75, 3.05) is 26.2 Å². The summed E-state index contributed by atoms with van der Waals surface area (Å²) in [6, 6.07) is 15.9. The van der Waals surface area contributed by atoms with Gasteiger partial charge >= 0.3 is 0 Å². The third-order valence-electron chi connectivity index (χ3n) is 5.77. The van der Waals surface area contributed by atoms with Crippen LogP contribution in [0.3, 0.4) is 0 Å². The second-order valence-electron chi connectivity index (χ2n) is 7.51. The Balaban J connectivity index is 1.71. The molecule has 0 spiro atoms. The summed E-state index contributed by atoms with van der Waals surface area (Å²) in [6.45, 7) is 7.66. The van der Waals surface area contributed by atoms with Gasteiger partial charge in [0.15, 0.2) is 5.69 Å². The van der Waals surface area contributed by atoms with E-state index >= 15 is 0 Å². The molecule has 1 aliphatic rings. The van der Waals surface area contributed by atoms with Gasteiger partial charge in [0.05, 0.1) is 11.4 Å². The Hall–Kier alpha value is -2.63. The summed E-state index contributed by atoms with van der Waals surface area (Å²) >= 11 is 6.23. The van der Waals surface area contributed by atoms with Crippen LogP contribution in [0.5, 0.6) is 0 Å². The number of rotatable bonds is 7. The third-order valence-corrected chi connectivity index (χ3v) is 6.01. The number of likely N-dealkylation sites (N-methyl/N-ethyl adjacent to an activating group) is 1. The number of carbonyl (C=O) groups is 1. The van der Waals surface area contributed by atoms with Gasteiger partial charge in [-0.25, -0.2) is 4.68 Å². The van der Waals surface area contributed by atoms with E-state index in [2.05, 4.69) is 24.1 Å². The van der Waals surface area contributed by atoms with Gasteiger partial charge in [-0.3, -0.25) is 4.79 Å². The first-order valence-corrected chi connectivity index (χ1v) is 11.0. The zero-order chi connectivity index (χ0) is 21.1. The molecule has 0 fully saturated rings. The molecule has 0 unspecified atom stereocenters. The molecule has 0 saturated heterocycles. The molecular formula is C24H27ClN4O. The lowest BCUT2D eigenvalue weighted by atomic mass is 9.88. The van der Waals surface area contributed by atoms with Gasteiger partial charge < -0.3 is 10.2 Å². The van der Waals surface area contributed by atoms with Crippen LogP contribution in [0, 0.1) is 0 Å². The highest BCUT2D eigenvalue weighted by Gasteiger charge is 2.28. The van der Waals surface area contributed by atoms with E-state index in [1.54, 1.807) is 0 Å². The normalized spacial score (nSPS) is 12.5. The smallest absolute Gasteiger partial charge is 0.272 e. The maximum atomic E-state index is 13.1. The number of para-hydroxylation sites is 1. The molecule has 6 heteroatoms. The van der Waals surface area contributed by atoms with Crippen molar-refractivity contribution in [3.63, 3.8) is 0 Å². The number of benzene rings is 2. The molecule has 0 aliphatic heterocycles. The third kappa shape index (κ3) is 4.00. The van der Waals surface area contributed by atoms with Crippen LogP contribution < -0.4 is 5.32 Å². The number of carbonyl (C=O) groups excluding carboxylic acids is 1. The maximum absolute atomic E-state index is 13.1. The molecule has 1 amide bonds. The van der Waals surface area contributed by atoms with Crippen LogP contribution in [-0.4, -0.2) is 46.8 Å². The van der Waals surface area contributed by atoms with Crippen LogP contribution in [0.4, 0.5) is 0 Å². The van der Waals surface area contributed by atoms with Crippen LogP contribution in [0.1, 0.15) is 35.5 Å². The minimum Gasteiger partial charge on any atom is -0.349 e. The Kier molecular flexibility index (Phi) is 6.21. The number of halogens is 1. The molecule has 0 radical (unpaired) electrons. The molecule has 1 N–H and O–H groups in total. The number of hydrogen-bond acceptors (Lipinski definition) is 3. The molecule has 0 bridgehead atoms. The highest BCUT2D eigenvalue weighted by atomic mass is 35.5. The number of aryl methyl sites for hydroxylation is 1. The Morgan fingerprint density at radius 2 is 1.90 bits per heavy atom. The summed E-state index contributed by atoms with van der Waals surface area (Å²) in [4.78, 5) is 15.3. The van der Waals surface area contributed by atoms with Gasteiger partial charge in [-0.1, -0.05) is 49.7 Å². The molecule has 30 heavy (non-hydrogen) atoms. The van der Waals surface area contributed by atoms with E-state index in [-0.39, 0.29) is 5.91 Å². The first kappa shape index (κ1) is 20.6. The topological polar surface area (TPSA) is 50.2 Å². The second kappa shape index (κ2) is 9.02. The second-order valence-corrected chi connectivity index (χ2v) is 7.94. The number of aromatic nitrogens is 2. The van der Waals surface area contributed by atoms with Gasteiger partial charge in [-0.15, -0.1) is 0 Å². The van der Waals surface area contributed by atoms with E-state index in [1.807, 2.05) is 53.2 Å². The average Bonchev–Trinajstić information content (AvgIpc) is 3.17. The van der Waals surface area contributed by atoms with Gasteiger partial charge in [0.1, 0.15) is 0 Å². The summed E-state index contributed by atoms with van der Waals surface area (Å²) in [7, 11) is 0. The van der Waals surface area contributed by atoms with Crippen molar-refractivity contribution < 1.29 is 4.79 Å². The fraction of sp³-hybridized carbons (Fsp3) is 0.333. The number of amides is 1. The lowest BCUT2D eigenvalue weighted by molar-refractivity contribution is 0.0942. The summed E-state index contributed by atoms with van der Waals surface area (Å²) in [5.41, 5.74) is 5.76. The molecule has 5 nitrogen and oxygen atoms in total. The maximum Gasteiger partial charge on any atom is 0.272 e. The van der Waals surface area contributed by atoms with Crippen LogP contribution >= 0.6 is 11.6 Å². The first-order chi connectivity index (χ1) is 14.6. The lowest BCUT2D eigenvalue weighted by Gasteiger charge is -2.19. The fourth-order valence-electron chi connectivity index (χ4n) is 4.11. The van der Waals surface area contributed by atoms with Crippen LogP contribution in [-0.2, 0) is 12.8 Å². The van der Waals surface area contributed by atoms with E-state index in [0.717, 1.165) is 60.0 Å². The van der Waals surface area contributed by atoms with E-state index in [4.69, 9.17) is 16.7 Å². The highest BCUT2D eigenvalue weighted by molar-refractivity contribution is 6.30. The molecule has 0 atom stereocenters. The number of nitrogens with one attached hydrogen (secondary N) is 1. The summed E-state index contributed by atoms with van der Waals surface area (Å²) in [5.74, 6) is -0.106. The van der Waals surface area contributed by atoms with Crippen molar-refractivity contribution in [1.82, 2.24) is 20.0 Å². The largest absolute Gasteiger partial charge is 0.349 e. The summed E-state index contributed by atoms with van der Waals surface area (Å²) < 4.78 is 1.90. The molecular weight excluding hydrogens is 396 g/mol. The number of hydrogen-bond donors (Lipinski definition) is 1. The van der Waals surface area contributed by atoms with Crippen LogP contribution in [0.2, 0.25) is 5.02 Å². The molecule has 1 aliphatic carbocycles. The Morgan fingerprint density at radius 3 is 2.63 bits per heavy atom.